The van der Waals surface area contributed by atoms with Gasteiger partial charge in [0.1, 0.15) is 55.9 Å². The molecule has 8 aromatic rings. The average Bonchev–Trinajstić information content (AvgIpc) is 0.683. The van der Waals surface area contributed by atoms with Crippen molar-refractivity contribution in [2.24, 2.45) is 0 Å². The Labute approximate surface area is 596 Å². The first-order valence-electron chi connectivity index (χ1n) is 30.6. The van der Waals surface area contributed by atoms with Gasteiger partial charge in [0.05, 0.1) is 6.16 Å². The van der Waals surface area contributed by atoms with Gasteiger partial charge in [-0.2, -0.15) is 149 Å². The molecule has 0 heterocycles. The topological polar surface area (TPSA) is 0 Å². The number of hydrogen-bond acceptors (Lipinski definition) is 0. The van der Waals surface area contributed by atoms with Crippen molar-refractivity contribution in [2.75, 3.05) is 12.3 Å². The molecule has 0 aromatic heterocycles. The first-order chi connectivity index (χ1) is 49.8. The third-order valence-corrected chi connectivity index (χ3v) is 30.3. The fraction of sp³-hybridized carbons (Fsp3) is 0.314. The largest absolute Gasteiger partial charge is 0.460 e. The molecule has 0 fully saturated rings. The van der Waals surface area contributed by atoms with Gasteiger partial charge in [0.2, 0.25) is 0 Å². The molecule has 0 saturated carbocycles. The SMILES string of the molecule is CCCC[P+](c1ccccc1)(c1ccccc1)C(F)(F)C(F)(F)C(F)(F)C(F)(F)F.FC(F)(F)C(F)(F)C(F)(F)C(F)(F)C(F)(F)C[P+](c1ccccc1)(c1ccccc1)c1ccccc1.FC(F)C(F)(F)C(F)(F)C(F)(F)C(F)(F)C(F)(F)C(F)(F)C(F)(F)[P+](c1ccccc1)(c1ccccc1)c1ccccc1. The minimum absolute atomic E-state index is 0.00349. The first kappa shape index (κ1) is 90.4. The van der Waals surface area contributed by atoms with Gasteiger partial charge in [0, 0.05) is 0 Å². The van der Waals surface area contributed by atoms with Crippen LogP contribution in [0.4, 0.5) is 158 Å². The standard InChI is InChI=1S/C26H16F16P.C24H17F11P.C20H19F9P/c27-19(28)20(29,30)21(31,32)22(33,34)23(35,36)24(37,38)25(39,40)26(41,42)43(16-10-4-1-5-11-16,17-12-6-2-7-13-17)18-14-8-3-9-15-18;25-20(26,21(27,28)22(29,30)23(31,32)24(33,34)35)16-36(17-10-4-1-5-11-17,18-12-6-2-7-13-18)19-14-8-3-9-15-19;1-2-3-14-30(15-10-6-4-7-11-15,16-12-8-5-9-13-16)20(28,29)18(23,24)17(21,22)19(25,26)27/h1-15,19H;1-15H,16H2;4-13H,2-3,14H2,1H3/q3*+1. The third kappa shape index (κ3) is 14.8. The molecule has 0 unspecified atom stereocenters. The van der Waals surface area contributed by atoms with Gasteiger partial charge in [-0.25, -0.2) is 8.78 Å². The van der Waals surface area contributed by atoms with Crippen LogP contribution < -0.4 is 42.4 Å². The van der Waals surface area contributed by atoms with E-state index in [0.29, 0.717) is 36.4 Å². The summed E-state index contributed by atoms with van der Waals surface area (Å²) >= 11 is 0. The second kappa shape index (κ2) is 31.6. The van der Waals surface area contributed by atoms with E-state index in [1.54, 1.807) is 6.92 Å². The van der Waals surface area contributed by atoms with Gasteiger partial charge < -0.3 is 0 Å². The number of rotatable bonds is 27. The Morgan fingerprint density at radius 1 is 0.248 bits per heavy atom. The summed E-state index contributed by atoms with van der Waals surface area (Å²) in [5, 5.41) is -3.44. The van der Waals surface area contributed by atoms with Crippen LogP contribution in [0, 0.1) is 0 Å². The lowest BCUT2D eigenvalue weighted by molar-refractivity contribution is -0.441. The maximum atomic E-state index is 16.4. The van der Waals surface area contributed by atoms with E-state index in [1.165, 1.54) is 127 Å². The molecule has 0 aliphatic carbocycles. The van der Waals surface area contributed by atoms with Gasteiger partial charge in [0.25, 0.3) is 0 Å². The lowest BCUT2D eigenvalue weighted by Gasteiger charge is -2.44. The summed E-state index contributed by atoms with van der Waals surface area (Å²) in [4.78, 5) is 0. The Morgan fingerprint density at radius 3 is 0.725 bits per heavy atom. The Morgan fingerprint density at radius 2 is 0.468 bits per heavy atom. The summed E-state index contributed by atoms with van der Waals surface area (Å²) in [6.45, 7) is 1.57. The Kier molecular flexibility index (Phi) is 26.2. The van der Waals surface area contributed by atoms with Crippen molar-refractivity contribution in [3.05, 3.63) is 243 Å². The van der Waals surface area contributed by atoms with Crippen LogP contribution in [0.5, 0.6) is 0 Å². The van der Waals surface area contributed by atoms with Crippen LogP contribution in [0.1, 0.15) is 19.8 Å². The van der Waals surface area contributed by atoms with Crippen LogP contribution in [-0.2, 0) is 0 Å². The van der Waals surface area contributed by atoms with Gasteiger partial charge in [0.15, 0.2) is 14.5 Å². The van der Waals surface area contributed by atoms with Crippen molar-refractivity contribution < 1.29 is 158 Å². The summed E-state index contributed by atoms with van der Waals surface area (Å²) in [6, 6.07) is 45.9. The Balaban J connectivity index is 0.000000260. The predicted molar refractivity (Wildman–Crippen MR) is 341 cm³/mol. The highest BCUT2D eigenvalue weighted by atomic mass is 31.2. The van der Waals surface area contributed by atoms with Crippen molar-refractivity contribution >= 4 is 64.2 Å². The molecule has 0 bridgehead atoms. The molecule has 0 saturated heterocycles. The molecular weight excluding hydrogens is 1620 g/mol. The van der Waals surface area contributed by atoms with Crippen molar-refractivity contribution in [3.8, 4) is 0 Å². The lowest BCUT2D eigenvalue weighted by atomic mass is 9.91. The minimum Gasteiger partial charge on any atom is -0.203 e. The summed E-state index contributed by atoms with van der Waals surface area (Å²) in [5.74, 6) is -90.2. The molecule has 0 amide bonds. The van der Waals surface area contributed by atoms with Gasteiger partial charge in [-0.15, -0.1) is 0 Å². The highest BCUT2D eigenvalue weighted by Crippen LogP contribution is 2.78. The molecule has 39 heteroatoms. The van der Waals surface area contributed by atoms with Crippen molar-refractivity contribution in [3.63, 3.8) is 0 Å². The highest BCUT2D eigenvalue weighted by molar-refractivity contribution is 7.97. The van der Waals surface area contributed by atoms with Crippen LogP contribution >= 0.6 is 21.8 Å². The van der Waals surface area contributed by atoms with Crippen molar-refractivity contribution in [2.45, 2.75) is 121 Å². The number of alkyl halides is 36. The Hall–Kier alpha value is -7.47. The maximum Gasteiger partial charge on any atom is 0.460 e. The van der Waals surface area contributed by atoms with Gasteiger partial charge in [-0.05, 0) is 103 Å². The smallest absolute Gasteiger partial charge is 0.203 e. The van der Waals surface area contributed by atoms with Gasteiger partial charge in [-0.1, -0.05) is 159 Å². The molecule has 0 atom stereocenters. The number of hydrogen-bond donors (Lipinski definition) is 0. The van der Waals surface area contributed by atoms with E-state index in [2.05, 4.69) is 0 Å². The molecule has 596 valence electrons. The number of halogens is 36. The Bertz CT molecular complexity index is 3950. The van der Waals surface area contributed by atoms with E-state index in [9.17, 15) is 123 Å². The zero-order valence-electron chi connectivity index (χ0n) is 54.4. The summed E-state index contributed by atoms with van der Waals surface area (Å²) in [5.41, 5.74) is -12.3. The molecule has 8 aromatic carbocycles. The van der Waals surface area contributed by atoms with Gasteiger partial charge in [-0.3, -0.25) is 0 Å². The van der Waals surface area contributed by atoms with Crippen LogP contribution in [0.3, 0.4) is 0 Å². The molecule has 0 aliphatic rings. The molecule has 0 spiro atoms. The monoisotopic (exact) mass is 1670 g/mol. The van der Waals surface area contributed by atoms with Crippen molar-refractivity contribution in [1.82, 2.24) is 0 Å². The predicted octanol–water partition coefficient (Wildman–Crippen LogP) is 22.6. The zero-order chi connectivity index (χ0) is 82.8. The fourth-order valence-corrected chi connectivity index (χ4v) is 24.3. The summed E-state index contributed by atoms with van der Waals surface area (Å²) < 4.78 is 509. The molecular formula is C70H52F36P3+3. The van der Waals surface area contributed by atoms with Crippen LogP contribution in [-0.4, -0.2) is 113 Å². The van der Waals surface area contributed by atoms with E-state index in [1.807, 2.05) is 0 Å². The fourth-order valence-electron chi connectivity index (χ4n) is 11.2. The molecule has 0 radical (unpaired) electrons. The van der Waals surface area contributed by atoms with E-state index in [4.69, 9.17) is 0 Å². The second-order valence-electron chi connectivity index (χ2n) is 23.7. The average molecular weight is 1670 g/mol. The summed E-state index contributed by atoms with van der Waals surface area (Å²) in [7, 11) is -14.6. The summed E-state index contributed by atoms with van der Waals surface area (Å²) in [6.07, 6.45) is -22.6. The van der Waals surface area contributed by atoms with E-state index < -0.39 is 151 Å². The normalized spacial score (nSPS) is 14.3. The molecule has 0 aliphatic heterocycles. The second-order valence-corrected chi connectivity index (χ2v) is 34.3. The van der Waals surface area contributed by atoms with Crippen LogP contribution in [0.2, 0.25) is 0 Å². The zero-order valence-corrected chi connectivity index (χ0v) is 57.1. The molecule has 109 heavy (non-hydrogen) atoms. The first-order valence-corrected chi connectivity index (χ1v) is 36.4. The van der Waals surface area contributed by atoms with Crippen LogP contribution in [0.15, 0.2) is 243 Å². The minimum atomic E-state index is -8.48. The highest BCUT2D eigenvalue weighted by Gasteiger charge is 2.97. The van der Waals surface area contributed by atoms with E-state index in [0.717, 1.165) is 78.9 Å². The lowest BCUT2D eigenvalue weighted by Crippen LogP contribution is -2.74. The van der Waals surface area contributed by atoms with Crippen LogP contribution in [0.25, 0.3) is 0 Å². The van der Waals surface area contributed by atoms with Crippen molar-refractivity contribution in [1.29, 1.82) is 0 Å². The van der Waals surface area contributed by atoms with Gasteiger partial charge >= 0.3 is 101 Å². The molecule has 0 nitrogen and oxygen atoms in total. The third-order valence-electron chi connectivity index (χ3n) is 17.0. The van der Waals surface area contributed by atoms with E-state index in [-0.39, 0.29) is 39.4 Å². The quantitative estimate of drug-likeness (QED) is 0.0356. The number of unbranched alkanes of at least 4 members (excludes halogenated alkanes) is 1. The maximum absolute atomic E-state index is 16.4. The molecule has 8 rings (SSSR count). The number of benzene rings is 8. The van der Waals surface area contributed by atoms with E-state index >= 15 is 35.1 Å². The molecule has 0 N–H and O–H groups in total.